The number of anilines is 6. The first kappa shape index (κ1) is 45.0. The summed E-state index contributed by atoms with van der Waals surface area (Å²) in [6.45, 7) is 9.46. The molecule has 12 aromatic carbocycles. The summed E-state index contributed by atoms with van der Waals surface area (Å²) in [5.41, 5.74) is 23.1. The minimum Gasteiger partial charge on any atom is -0.456 e. The first-order chi connectivity index (χ1) is 37.7. The summed E-state index contributed by atoms with van der Waals surface area (Å²) >= 11 is 0. The Morgan fingerprint density at radius 1 is 0.273 bits per heavy atom. The standard InChI is InChI=1S/C74H54N2O/c1-73(2)61-33-15-11-27-53(61)55-39-37-49(45-63(55)73)75(65-35-17-13-25-51(65)47-21-7-5-8-22-47)67-41-43-69-71-57(29-19-31-59(67)71)58-30-20-32-60-68(42-44-70(77-69)72(58)60)76(66-36-18-14-26-52(66)48-23-9-6-10-24-48)50-38-40-56-54-28-12-16-34-62(54)74(3,4)64(56)46-50/h5-46H,1-4H3. The van der Waals surface area contributed by atoms with Crippen LogP contribution in [0.4, 0.5) is 34.1 Å². The highest BCUT2D eigenvalue weighted by Gasteiger charge is 2.38. The number of hydrogen-bond donors (Lipinski definition) is 0. The third-order valence-corrected chi connectivity index (χ3v) is 17.1. The molecule has 13 aromatic rings. The predicted octanol–water partition coefficient (Wildman–Crippen LogP) is 20.8. The van der Waals surface area contributed by atoms with Crippen LogP contribution >= 0.6 is 0 Å². The van der Waals surface area contributed by atoms with Crippen molar-refractivity contribution < 1.29 is 4.42 Å². The third kappa shape index (κ3) is 6.76. The molecule has 0 amide bonds. The molecule has 2 aliphatic rings. The summed E-state index contributed by atoms with van der Waals surface area (Å²) in [6, 6.07) is 93.8. The molecule has 1 heterocycles. The zero-order valence-electron chi connectivity index (χ0n) is 43.6. The molecule has 15 rings (SSSR count). The molecule has 0 bridgehead atoms. The minimum absolute atomic E-state index is 0.177. The van der Waals surface area contributed by atoms with Gasteiger partial charge in [0, 0.05) is 54.9 Å². The Morgan fingerprint density at radius 3 is 1.08 bits per heavy atom. The first-order valence-electron chi connectivity index (χ1n) is 26.9. The fraction of sp³-hybridized carbons (Fsp3) is 0.0811. The molecule has 0 saturated heterocycles. The van der Waals surface area contributed by atoms with Crippen molar-refractivity contribution in [2.75, 3.05) is 9.80 Å². The monoisotopic (exact) mass is 986 g/mol. The smallest absolute Gasteiger partial charge is 0.136 e. The largest absolute Gasteiger partial charge is 0.456 e. The Hall–Kier alpha value is -9.44. The van der Waals surface area contributed by atoms with Crippen molar-refractivity contribution in [3.8, 4) is 44.5 Å². The van der Waals surface area contributed by atoms with Crippen LogP contribution in [0, 0.1) is 0 Å². The minimum atomic E-state index is -0.177. The summed E-state index contributed by atoms with van der Waals surface area (Å²) < 4.78 is 7.34. The summed E-state index contributed by atoms with van der Waals surface area (Å²) in [6.07, 6.45) is 0. The van der Waals surface area contributed by atoms with E-state index in [-0.39, 0.29) is 10.8 Å². The lowest BCUT2D eigenvalue weighted by molar-refractivity contribution is 0.660. The number of rotatable bonds is 8. The molecule has 0 fully saturated rings. The van der Waals surface area contributed by atoms with E-state index < -0.39 is 0 Å². The summed E-state index contributed by atoms with van der Waals surface area (Å²) in [5.74, 6) is 0. The molecular formula is C74H54N2O. The summed E-state index contributed by atoms with van der Waals surface area (Å²) in [4.78, 5) is 4.97. The summed E-state index contributed by atoms with van der Waals surface area (Å²) in [7, 11) is 0. The van der Waals surface area contributed by atoms with E-state index >= 15 is 0 Å². The lowest BCUT2D eigenvalue weighted by Crippen LogP contribution is -2.17. The van der Waals surface area contributed by atoms with Gasteiger partial charge in [-0.3, -0.25) is 0 Å². The second kappa shape index (κ2) is 17.0. The SMILES string of the molecule is CC1(C)c2ccccc2-c2ccc(N(c3ccccc3-c3ccccc3)c3ccc4oc5ccc(N(c6ccc7c(c6)C(C)(C)c6ccccc6-7)c6ccccc6-c6ccccc6)c6cccc(c7cccc3c47)c56)cc21. The van der Waals surface area contributed by atoms with Crippen LogP contribution < -0.4 is 9.80 Å². The van der Waals surface area contributed by atoms with Crippen molar-refractivity contribution in [3.63, 3.8) is 0 Å². The first-order valence-corrected chi connectivity index (χ1v) is 26.9. The second-order valence-corrected chi connectivity index (χ2v) is 22.0. The molecule has 0 radical (unpaired) electrons. The number of fused-ring (bicyclic) bond motifs is 7. The number of hydrogen-bond acceptors (Lipinski definition) is 3. The van der Waals surface area contributed by atoms with Crippen LogP contribution in [-0.4, -0.2) is 0 Å². The Kier molecular flexibility index (Phi) is 9.96. The van der Waals surface area contributed by atoms with Crippen LogP contribution in [0.3, 0.4) is 0 Å². The average Bonchev–Trinajstić information content (AvgIpc) is 3.80. The van der Waals surface area contributed by atoms with Crippen molar-refractivity contribution in [2.45, 2.75) is 38.5 Å². The van der Waals surface area contributed by atoms with Crippen molar-refractivity contribution in [1.29, 1.82) is 0 Å². The van der Waals surface area contributed by atoms with Gasteiger partial charge in [-0.2, -0.15) is 0 Å². The lowest BCUT2D eigenvalue weighted by atomic mass is 9.82. The van der Waals surface area contributed by atoms with Crippen LogP contribution in [0.5, 0.6) is 0 Å². The Bertz CT molecular complexity index is 4240. The van der Waals surface area contributed by atoms with E-state index in [1.807, 2.05) is 0 Å². The Balaban J connectivity index is 0.973. The zero-order chi connectivity index (χ0) is 51.6. The molecule has 0 saturated carbocycles. The Labute approximate surface area is 449 Å². The van der Waals surface area contributed by atoms with Gasteiger partial charge in [-0.25, -0.2) is 0 Å². The topological polar surface area (TPSA) is 19.6 Å². The highest BCUT2D eigenvalue weighted by Crippen LogP contribution is 2.55. The third-order valence-electron chi connectivity index (χ3n) is 17.1. The number of benzene rings is 12. The molecule has 0 N–H and O–H groups in total. The second-order valence-electron chi connectivity index (χ2n) is 22.0. The maximum Gasteiger partial charge on any atom is 0.136 e. The van der Waals surface area contributed by atoms with Crippen LogP contribution in [0.25, 0.3) is 88.0 Å². The average molecular weight is 987 g/mol. The quantitative estimate of drug-likeness (QED) is 0.151. The van der Waals surface area contributed by atoms with Gasteiger partial charge in [0.15, 0.2) is 0 Å². The van der Waals surface area contributed by atoms with Gasteiger partial charge in [-0.1, -0.05) is 222 Å². The van der Waals surface area contributed by atoms with Crippen molar-refractivity contribution in [2.24, 2.45) is 0 Å². The van der Waals surface area contributed by atoms with Crippen molar-refractivity contribution >= 4 is 77.6 Å². The number of para-hydroxylation sites is 2. The Morgan fingerprint density at radius 2 is 0.636 bits per heavy atom. The molecule has 0 unspecified atom stereocenters. The molecule has 2 aliphatic carbocycles. The fourth-order valence-electron chi connectivity index (χ4n) is 13.4. The van der Waals surface area contributed by atoms with Crippen molar-refractivity contribution in [3.05, 3.63) is 277 Å². The van der Waals surface area contributed by atoms with E-state index in [0.29, 0.717) is 0 Å². The molecule has 366 valence electrons. The predicted molar refractivity (Wildman–Crippen MR) is 324 cm³/mol. The van der Waals surface area contributed by atoms with Gasteiger partial charge in [-0.15, -0.1) is 0 Å². The van der Waals surface area contributed by atoms with Crippen LogP contribution in [0.1, 0.15) is 49.9 Å². The van der Waals surface area contributed by atoms with Crippen LogP contribution in [-0.2, 0) is 10.8 Å². The zero-order valence-corrected chi connectivity index (χ0v) is 43.6. The van der Waals surface area contributed by atoms with Gasteiger partial charge >= 0.3 is 0 Å². The van der Waals surface area contributed by atoms with Crippen molar-refractivity contribution in [1.82, 2.24) is 0 Å². The fourth-order valence-corrected chi connectivity index (χ4v) is 13.4. The molecule has 1 aromatic heterocycles. The highest BCUT2D eigenvalue weighted by atomic mass is 16.3. The molecule has 3 nitrogen and oxygen atoms in total. The van der Waals surface area contributed by atoms with Crippen LogP contribution in [0.15, 0.2) is 259 Å². The van der Waals surface area contributed by atoms with E-state index in [2.05, 4.69) is 292 Å². The van der Waals surface area contributed by atoms with Gasteiger partial charge in [-0.05, 0) is 127 Å². The van der Waals surface area contributed by atoms with E-state index in [0.717, 1.165) is 99.9 Å². The lowest BCUT2D eigenvalue weighted by Gasteiger charge is -2.30. The van der Waals surface area contributed by atoms with Gasteiger partial charge in [0.05, 0.1) is 22.7 Å². The van der Waals surface area contributed by atoms with Gasteiger partial charge in [0.25, 0.3) is 0 Å². The van der Waals surface area contributed by atoms with E-state index in [1.54, 1.807) is 0 Å². The molecule has 0 atom stereocenters. The molecule has 0 aliphatic heterocycles. The maximum absolute atomic E-state index is 7.34. The summed E-state index contributed by atoms with van der Waals surface area (Å²) in [5, 5.41) is 6.65. The maximum atomic E-state index is 7.34. The van der Waals surface area contributed by atoms with Gasteiger partial charge < -0.3 is 14.2 Å². The van der Waals surface area contributed by atoms with Gasteiger partial charge in [0.1, 0.15) is 11.2 Å². The molecule has 3 heteroatoms. The van der Waals surface area contributed by atoms with Crippen LogP contribution in [0.2, 0.25) is 0 Å². The van der Waals surface area contributed by atoms with E-state index in [4.69, 9.17) is 4.42 Å². The van der Waals surface area contributed by atoms with Gasteiger partial charge in [0.2, 0.25) is 0 Å². The van der Waals surface area contributed by atoms with E-state index in [1.165, 1.54) is 44.5 Å². The molecule has 77 heavy (non-hydrogen) atoms. The highest BCUT2D eigenvalue weighted by molar-refractivity contribution is 6.27. The van der Waals surface area contributed by atoms with E-state index in [9.17, 15) is 0 Å². The molecular weight excluding hydrogens is 933 g/mol. The number of nitrogens with zero attached hydrogens (tertiary/aromatic N) is 2. The molecule has 0 spiro atoms. The normalized spacial score (nSPS) is 13.7.